The van der Waals surface area contributed by atoms with Gasteiger partial charge in [-0.05, 0) is 49.0 Å². The van der Waals surface area contributed by atoms with Crippen molar-refractivity contribution < 1.29 is 13.9 Å². The molecular weight excluding hydrogens is 350 g/mol. The summed E-state index contributed by atoms with van der Waals surface area (Å²) >= 11 is 5.27. The SMILES string of the molecule is C/C(=N/NC(=S)NCc1ccc2c(c1)OCO2)c1cc2ccccc2o1. The van der Waals surface area contributed by atoms with Crippen molar-refractivity contribution in [1.29, 1.82) is 0 Å². The summed E-state index contributed by atoms with van der Waals surface area (Å²) in [6.45, 7) is 2.69. The van der Waals surface area contributed by atoms with Crippen molar-refractivity contribution in [2.75, 3.05) is 6.79 Å². The molecule has 0 saturated carbocycles. The van der Waals surface area contributed by atoms with Gasteiger partial charge in [-0.25, -0.2) is 0 Å². The van der Waals surface area contributed by atoms with Crippen LogP contribution in [0.25, 0.3) is 11.0 Å². The Balaban J connectivity index is 1.34. The molecule has 0 fully saturated rings. The molecule has 1 aromatic heterocycles. The van der Waals surface area contributed by atoms with Crippen LogP contribution in [-0.4, -0.2) is 17.6 Å². The maximum absolute atomic E-state index is 5.77. The van der Waals surface area contributed by atoms with Crippen LogP contribution >= 0.6 is 12.2 Å². The zero-order valence-corrected chi connectivity index (χ0v) is 14.9. The van der Waals surface area contributed by atoms with Crippen LogP contribution < -0.4 is 20.2 Å². The molecule has 0 radical (unpaired) electrons. The van der Waals surface area contributed by atoms with E-state index in [4.69, 9.17) is 26.1 Å². The molecule has 0 unspecified atom stereocenters. The number of fused-ring (bicyclic) bond motifs is 2. The van der Waals surface area contributed by atoms with E-state index >= 15 is 0 Å². The molecule has 0 spiro atoms. The van der Waals surface area contributed by atoms with E-state index in [2.05, 4.69) is 15.8 Å². The van der Waals surface area contributed by atoms with Crippen LogP contribution in [0.1, 0.15) is 18.2 Å². The van der Waals surface area contributed by atoms with Crippen LogP contribution in [-0.2, 0) is 6.54 Å². The van der Waals surface area contributed by atoms with Crippen LogP contribution in [0.3, 0.4) is 0 Å². The minimum Gasteiger partial charge on any atom is -0.455 e. The molecule has 132 valence electrons. The lowest BCUT2D eigenvalue weighted by Gasteiger charge is -2.08. The zero-order chi connectivity index (χ0) is 17.9. The van der Waals surface area contributed by atoms with Crippen LogP contribution in [0.2, 0.25) is 0 Å². The van der Waals surface area contributed by atoms with E-state index in [1.54, 1.807) is 0 Å². The van der Waals surface area contributed by atoms with Gasteiger partial charge in [0.2, 0.25) is 6.79 Å². The highest BCUT2D eigenvalue weighted by atomic mass is 32.1. The predicted octanol–water partition coefficient (Wildman–Crippen LogP) is 3.55. The number of ether oxygens (including phenoxy) is 2. The topological polar surface area (TPSA) is 68.0 Å². The molecule has 2 N–H and O–H groups in total. The second kappa shape index (κ2) is 7.05. The normalized spacial score (nSPS) is 13.0. The maximum Gasteiger partial charge on any atom is 0.231 e. The minimum absolute atomic E-state index is 0.266. The second-order valence-corrected chi connectivity index (χ2v) is 6.24. The summed E-state index contributed by atoms with van der Waals surface area (Å²) in [6.07, 6.45) is 0. The Labute approximate surface area is 155 Å². The quantitative estimate of drug-likeness (QED) is 0.418. The number of hydrazone groups is 1. The lowest BCUT2D eigenvalue weighted by molar-refractivity contribution is 0.174. The highest BCUT2D eigenvalue weighted by Crippen LogP contribution is 2.32. The van der Waals surface area contributed by atoms with E-state index in [-0.39, 0.29) is 6.79 Å². The Morgan fingerprint density at radius 2 is 1.96 bits per heavy atom. The highest BCUT2D eigenvalue weighted by Gasteiger charge is 2.13. The average molecular weight is 367 g/mol. The molecule has 0 aliphatic carbocycles. The van der Waals surface area contributed by atoms with Gasteiger partial charge in [0.15, 0.2) is 22.4 Å². The van der Waals surface area contributed by atoms with Crippen molar-refractivity contribution in [3.63, 3.8) is 0 Å². The van der Waals surface area contributed by atoms with E-state index in [0.29, 0.717) is 23.1 Å². The molecule has 6 nitrogen and oxygen atoms in total. The van der Waals surface area contributed by atoms with Gasteiger partial charge >= 0.3 is 0 Å². The summed E-state index contributed by atoms with van der Waals surface area (Å²) in [5.74, 6) is 2.22. The summed E-state index contributed by atoms with van der Waals surface area (Å²) in [6, 6.07) is 15.6. The summed E-state index contributed by atoms with van der Waals surface area (Å²) in [4.78, 5) is 0. The molecule has 7 heteroatoms. The van der Waals surface area contributed by atoms with Crippen LogP contribution in [0.5, 0.6) is 11.5 Å². The zero-order valence-electron chi connectivity index (χ0n) is 14.1. The lowest BCUT2D eigenvalue weighted by Crippen LogP contribution is -2.32. The van der Waals surface area contributed by atoms with Crippen molar-refractivity contribution in [2.24, 2.45) is 5.10 Å². The first-order valence-electron chi connectivity index (χ1n) is 8.15. The van der Waals surface area contributed by atoms with Crippen LogP contribution in [0, 0.1) is 0 Å². The first kappa shape index (κ1) is 16.4. The summed E-state index contributed by atoms with van der Waals surface area (Å²) in [5, 5.41) is 8.87. The van der Waals surface area contributed by atoms with Crippen molar-refractivity contribution in [1.82, 2.24) is 10.7 Å². The summed E-state index contributed by atoms with van der Waals surface area (Å²) < 4.78 is 16.4. The van der Waals surface area contributed by atoms with E-state index in [0.717, 1.165) is 28.0 Å². The standard InChI is InChI=1S/C19H17N3O3S/c1-12(17-9-14-4-2-3-5-15(14)25-17)21-22-19(26)20-10-13-6-7-16-18(8-13)24-11-23-16/h2-9H,10-11H2,1H3,(H2,20,22,26)/b21-12-. The van der Waals surface area contributed by atoms with Gasteiger partial charge in [-0.1, -0.05) is 24.3 Å². The smallest absolute Gasteiger partial charge is 0.231 e. The van der Waals surface area contributed by atoms with Gasteiger partial charge in [0.1, 0.15) is 11.3 Å². The van der Waals surface area contributed by atoms with E-state index in [1.165, 1.54) is 0 Å². The molecule has 2 heterocycles. The molecule has 0 amide bonds. The first-order chi connectivity index (χ1) is 12.7. The second-order valence-electron chi connectivity index (χ2n) is 5.83. The van der Waals surface area contributed by atoms with E-state index in [9.17, 15) is 0 Å². The molecule has 1 aliphatic rings. The molecule has 1 aliphatic heterocycles. The van der Waals surface area contributed by atoms with Gasteiger partial charge in [-0.3, -0.25) is 5.43 Å². The summed E-state index contributed by atoms with van der Waals surface area (Å²) in [7, 11) is 0. The monoisotopic (exact) mass is 367 g/mol. The minimum atomic E-state index is 0.266. The number of rotatable bonds is 4. The van der Waals surface area contributed by atoms with Gasteiger partial charge in [0.05, 0.1) is 0 Å². The van der Waals surface area contributed by atoms with Gasteiger partial charge in [0.25, 0.3) is 0 Å². The fraction of sp³-hybridized carbons (Fsp3) is 0.158. The van der Waals surface area contributed by atoms with Gasteiger partial charge in [-0.2, -0.15) is 5.10 Å². The van der Waals surface area contributed by atoms with Gasteiger partial charge in [0, 0.05) is 11.9 Å². The number of hydrogen-bond acceptors (Lipinski definition) is 5. The van der Waals surface area contributed by atoms with E-state index < -0.39 is 0 Å². The van der Waals surface area contributed by atoms with E-state index in [1.807, 2.05) is 55.5 Å². The molecule has 0 bridgehead atoms. The molecule has 3 aromatic rings. The largest absolute Gasteiger partial charge is 0.455 e. The first-order valence-corrected chi connectivity index (χ1v) is 8.55. The van der Waals surface area contributed by atoms with Gasteiger partial charge < -0.3 is 19.2 Å². The molecule has 0 atom stereocenters. The number of furan rings is 1. The lowest BCUT2D eigenvalue weighted by atomic mass is 10.2. The number of nitrogens with zero attached hydrogens (tertiary/aromatic N) is 1. The fourth-order valence-electron chi connectivity index (χ4n) is 2.62. The molecule has 4 rings (SSSR count). The Morgan fingerprint density at radius 1 is 1.12 bits per heavy atom. The molecule has 2 aromatic carbocycles. The number of benzene rings is 2. The Morgan fingerprint density at radius 3 is 2.85 bits per heavy atom. The van der Waals surface area contributed by atoms with Gasteiger partial charge in [-0.15, -0.1) is 0 Å². The number of thiocarbonyl (C=S) groups is 1. The summed E-state index contributed by atoms with van der Waals surface area (Å²) in [5.41, 5.74) is 5.43. The van der Waals surface area contributed by atoms with Crippen molar-refractivity contribution in [3.8, 4) is 11.5 Å². The predicted molar refractivity (Wildman–Crippen MR) is 104 cm³/mol. The van der Waals surface area contributed by atoms with Crippen LogP contribution in [0.15, 0.2) is 58.0 Å². The Kier molecular flexibility index (Phi) is 4.45. The molecular formula is C19H17N3O3S. The maximum atomic E-state index is 5.77. The number of hydrogen-bond donors (Lipinski definition) is 2. The van der Waals surface area contributed by atoms with Crippen molar-refractivity contribution >= 4 is 34.0 Å². The van der Waals surface area contributed by atoms with Crippen molar-refractivity contribution in [3.05, 3.63) is 59.9 Å². The highest BCUT2D eigenvalue weighted by molar-refractivity contribution is 7.80. The number of nitrogens with one attached hydrogen (secondary N) is 2. The van der Waals surface area contributed by atoms with Crippen LogP contribution in [0.4, 0.5) is 0 Å². The third-order valence-corrected chi connectivity index (χ3v) is 4.23. The third kappa shape index (κ3) is 3.48. The Hall–Kier alpha value is -3.06. The molecule has 26 heavy (non-hydrogen) atoms. The fourth-order valence-corrected chi connectivity index (χ4v) is 2.74. The molecule has 0 saturated heterocycles. The third-order valence-electron chi connectivity index (χ3n) is 4.00. The average Bonchev–Trinajstić information content (AvgIpc) is 3.30. The number of para-hydroxylation sites is 1. The Bertz CT molecular complexity index is 964. The van der Waals surface area contributed by atoms with Crippen molar-refractivity contribution in [2.45, 2.75) is 13.5 Å².